The Balaban J connectivity index is 1.50. The fraction of sp³-hybridized carbons (Fsp3) is 0.619. The number of aromatic nitrogens is 1. The molecule has 164 valence electrons. The molecular formula is C21H29N3O4S2. The topological polar surface area (TPSA) is 88.5 Å². The van der Waals surface area contributed by atoms with E-state index in [1.807, 2.05) is 0 Å². The van der Waals surface area contributed by atoms with Crippen LogP contribution in [0.1, 0.15) is 57.8 Å². The SMILES string of the molecule is O=C(CCn1c(=O)sc2cc(S(=O)(=O)N3CCCCCC3)ccc21)NC1CCCC1. The number of nitrogens with zero attached hydrogens (tertiary/aromatic N) is 2. The maximum atomic E-state index is 13.0. The molecule has 1 saturated carbocycles. The molecule has 1 aromatic carbocycles. The van der Waals surface area contributed by atoms with Gasteiger partial charge in [-0.25, -0.2) is 8.42 Å². The van der Waals surface area contributed by atoms with E-state index in [0.717, 1.165) is 62.7 Å². The Morgan fingerprint density at radius 3 is 2.47 bits per heavy atom. The summed E-state index contributed by atoms with van der Waals surface area (Å²) in [6.07, 6.45) is 8.50. The number of benzene rings is 1. The first-order valence-corrected chi connectivity index (χ1v) is 13.1. The molecule has 1 aliphatic carbocycles. The molecule has 2 fully saturated rings. The summed E-state index contributed by atoms with van der Waals surface area (Å²) < 4.78 is 29.9. The number of hydrogen-bond acceptors (Lipinski definition) is 5. The third-order valence-electron chi connectivity index (χ3n) is 6.13. The van der Waals surface area contributed by atoms with Crippen molar-refractivity contribution in [3.05, 3.63) is 27.9 Å². The zero-order chi connectivity index (χ0) is 21.1. The summed E-state index contributed by atoms with van der Waals surface area (Å²) in [4.78, 5) is 24.8. The molecule has 0 spiro atoms. The molecule has 7 nitrogen and oxygen atoms in total. The van der Waals surface area contributed by atoms with Gasteiger partial charge < -0.3 is 5.32 Å². The Morgan fingerprint density at radius 2 is 1.77 bits per heavy atom. The third-order valence-corrected chi connectivity index (χ3v) is 8.96. The Kier molecular flexibility index (Phi) is 6.60. The number of amides is 1. The molecule has 4 rings (SSSR count). The Morgan fingerprint density at radius 1 is 1.07 bits per heavy atom. The van der Waals surface area contributed by atoms with Gasteiger partial charge in [-0.05, 0) is 43.9 Å². The lowest BCUT2D eigenvalue weighted by atomic mass is 10.2. The van der Waals surface area contributed by atoms with Gasteiger partial charge in [-0.1, -0.05) is 37.0 Å². The number of carbonyl (C=O) groups excluding carboxylic acids is 1. The number of nitrogens with one attached hydrogen (secondary N) is 1. The van der Waals surface area contributed by atoms with E-state index in [9.17, 15) is 18.0 Å². The fourth-order valence-electron chi connectivity index (χ4n) is 4.43. The molecule has 1 aromatic heterocycles. The predicted molar refractivity (Wildman–Crippen MR) is 118 cm³/mol. The van der Waals surface area contributed by atoms with Gasteiger partial charge >= 0.3 is 4.87 Å². The lowest BCUT2D eigenvalue weighted by Crippen LogP contribution is -2.33. The molecule has 1 aliphatic heterocycles. The molecule has 1 N–H and O–H groups in total. The van der Waals surface area contributed by atoms with E-state index in [1.165, 1.54) is 0 Å². The summed E-state index contributed by atoms with van der Waals surface area (Å²) in [5, 5.41) is 3.04. The summed E-state index contributed by atoms with van der Waals surface area (Å²) >= 11 is 1.04. The Hall–Kier alpha value is -1.71. The monoisotopic (exact) mass is 451 g/mol. The minimum atomic E-state index is -3.56. The van der Waals surface area contributed by atoms with Gasteiger partial charge in [-0.15, -0.1) is 0 Å². The molecule has 0 unspecified atom stereocenters. The molecule has 1 amide bonds. The second-order valence-corrected chi connectivity index (χ2v) is 11.2. The van der Waals surface area contributed by atoms with E-state index < -0.39 is 10.0 Å². The second kappa shape index (κ2) is 9.20. The molecule has 30 heavy (non-hydrogen) atoms. The molecule has 0 atom stereocenters. The second-order valence-electron chi connectivity index (χ2n) is 8.27. The highest BCUT2D eigenvalue weighted by Crippen LogP contribution is 2.26. The molecule has 0 radical (unpaired) electrons. The zero-order valence-corrected chi connectivity index (χ0v) is 18.8. The fourth-order valence-corrected chi connectivity index (χ4v) is 7.01. The van der Waals surface area contributed by atoms with Gasteiger partial charge in [0.15, 0.2) is 0 Å². The van der Waals surface area contributed by atoms with Gasteiger partial charge in [0.05, 0.1) is 15.1 Å². The van der Waals surface area contributed by atoms with Crippen LogP contribution in [0, 0.1) is 0 Å². The first-order valence-electron chi connectivity index (χ1n) is 10.9. The van der Waals surface area contributed by atoms with Gasteiger partial charge in [-0.2, -0.15) is 4.31 Å². The highest BCUT2D eigenvalue weighted by atomic mass is 32.2. The Labute approximate surface area is 181 Å². The molecule has 2 aromatic rings. The summed E-state index contributed by atoms with van der Waals surface area (Å²) in [6.45, 7) is 1.40. The standard InChI is InChI=1S/C21H29N3O4S2/c25-20(22-16-7-3-4-8-16)11-14-24-18-10-9-17(15-19(18)29-21(24)26)30(27,28)23-12-5-1-2-6-13-23/h9-10,15-16H,1-8,11-14H2,(H,22,25). The number of rotatable bonds is 6. The van der Waals surface area contributed by atoms with E-state index in [1.54, 1.807) is 27.1 Å². The number of thiazole rings is 1. The number of carbonyl (C=O) groups is 1. The average Bonchev–Trinajstić information content (AvgIpc) is 3.22. The quantitative estimate of drug-likeness (QED) is 0.731. The average molecular weight is 452 g/mol. The van der Waals surface area contributed by atoms with Gasteiger partial charge in [-0.3, -0.25) is 14.2 Å². The summed E-state index contributed by atoms with van der Waals surface area (Å²) in [5.41, 5.74) is 0.688. The van der Waals surface area contributed by atoms with Crippen LogP contribution < -0.4 is 10.2 Å². The first kappa shape index (κ1) is 21.5. The van der Waals surface area contributed by atoms with Gasteiger partial charge in [0.1, 0.15) is 0 Å². The molecule has 0 bridgehead atoms. The van der Waals surface area contributed by atoms with E-state index in [4.69, 9.17) is 0 Å². The van der Waals surface area contributed by atoms with Gasteiger partial charge in [0.25, 0.3) is 0 Å². The van der Waals surface area contributed by atoms with E-state index in [0.29, 0.717) is 29.9 Å². The number of hydrogen-bond donors (Lipinski definition) is 1. The van der Waals surface area contributed by atoms with Crippen molar-refractivity contribution in [2.24, 2.45) is 0 Å². The maximum absolute atomic E-state index is 13.0. The molecular weight excluding hydrogens is 422 g/mol. The lowest BCUT2D eigenvalue weighted by Gasteiger charge is -2.19. The predicted octanol–water partition coefficient (Wildman–Crippen LogP) is 3.08. The smallest absolute Gasteiger partial charge is 0.308 e. The number of fused-ring (bicyclic) bond motifs is 1. The first-order chi connectivity index (χ1) is 14.4. The van der Waals surface area contributed by atoms with Crippen molar-refractivity contribution in [1.29, 1.82) is 0 Å². The molecule has 2 heterocycles. The normalized spacial score (nSPS) is 19.2. The van der Waals surface area contributed by atoms with Crippen molar-refractivity contribution < 1.29 is 13.2 Å². The van der Waals surface area contributed by atoms with Crippen molar-refractivity contribution in [3.8, 4) is 0 Å². The van der Waals surface area contributed by atoms with E-state index >= 15 is 0 Å². The number of aryl methyl sites for hydroxylation is 1. The minimum Gasteiger partial charge on any atom is -0.353 e. The highest BCUT2D eigenvalue weighted by molar-refractivity contribution is 7.89. The molecule has 9 heteroatoms. The van der Waals surface area contributed by atoms with Crippen LogP contribution in [0.3, 0.4) is 0 Å². The highest BCUT2D eigenvalue weighted by Gasteiger charge is 2.26. The van der Waals surface area contributed by atoms with Gasteiger partial charge in [0.2, 0.25) is 15.9 Å². The Bertz CT molecular complexity index is 1060. The van der Waals surface area contributed by atoms with Crippen LogP contribution >= 0.6 is 11.3 Å². The van der Waals surface area contributed by atoms with Crippen molar-refractivity contribution in [2.45, 2.75) is 75.3 Å². The van der Waals surface area contributed by atoms with Crippen LogP contribution in [0.15, 0.2) is 27.9 Å². The molecule has 1 saturated heterocycles. The van der Waals surface area contributed by atoms with Gasteiger partial charge in [0, 0.05) is 32.1 Å². The summed E-state index contributed by atoms with van der Waals surface area (Å²) in [5.74, 6) is -0.0338. The third kappa shape index (κ3) is 4.63. The van der Waals surface area contributed by atoms with Crippen LogP contribution in [0.4, 0.5) is 0 Å². The molecule has 2 aliphatic rings. The van der Waals surface area contributed by atoms with E-state index in [-0.39, 0.29) is 28.1 Å². The van der Waals surface area contributed by atoms with Crippen LogP contribution in [0.5, 0.6) is 0 Å². The zero-order valence-electron chi connectivity index (χ0n) is 17.1. The van der Waals surface area contributed by atoms with Crippen LogP contribution in [-0.4, -0.2) is 42.3 Å². The van der Waals surface area contributed by atoms with Crippen LogP contribution in [0.2, 0.25) is 0 Å². The van der Waals surface area contributed by atoms with Crippen LogP contribution in [-0.2, 0) is 21.4 Å². The lowest BCUT2D eigenvalue weighted by molar-refractivity contribution is -0.121. The summed E-state index contributed by atoms with van der Waals surface area (Å²) in [7, 11) is -3.56. The van der Waals surface area contributed by atoms with Crippen molar-refractivity contribution in [1.82, 2.24) is 14.2 Å². The number of sulfonamides is 1. The largest absolute Gasteiger partial charge is 0.353 e. The van der Waals surface area contributed by atoms with E-state index in [2.05, 4.69) is 5.32 Å². The van der Waals surface area contributed by atoms with Crippen LogP contribution in [0.25, 0.3) is 10.2 Å². The minimum absolute atomic E-state index is 0.0338. The maximum Gasteiger partial charge on any atom is 0.308 e. The van der Waals surface area contributed by atoms with Crippen molar-refractivity contribution >= 4 is 37.5 Å². The summed E-state index contributed by atoms with van der Waals surface area (Å²) in [6, 6.07) is 5.16. The van der Waals surface area contributed by atoms with Crippen molar-refractivity contribution in [2.75, 3.05) is 13.1 Å². The van der Waals surface area contributed by atoms with Crippen molar-refractivity contribution in [3.63, 3.8) is 0 Å².